The van der Waals surface area contributed by atoms with Crippen LogP contribution in [0.4, 0.5) is 0 Å². The first-order valence-corrected chi connectivity index (χ1v) is 8.17. The molecule has 2 nitrogen and oxygen atoms in total. The van der Waals surface area contributed by atoms with Crippen LogP contribution in [0.3, 0.4) is 0 Å². The Morgan fingerprint density at radius 2 is 2.28 bits per heavy atom. The maximum absolute atomic E-state index is 2.74. The van der Waals surface area contributed by atoms with E-state index in [1.165, 1.54) is 38.0 Å². The molecule has 0 saturated carbocycles. The highest BCUT2D eigenvalue weighted by atomic mass is 32.1. The van der Waals surface area contributed by atoms with Gasteiger partial charge < -0.3 is 0 Å². The predicted molar refractivity (Wildman–Crippen MR) is 78.0 cm³/mol. The van der Waals surface area contributed by atoms with Crippen LogP contribution in [-0.4, -0.2) is 41.5 Å². The summed E-state index contributed by atoms with van der Waals surface area (Å²) in [5, 5.41) is 4.50. The normalized spacial score (nSPS) is 29.9. The number of hydrogen-bond donors (Lipinski definition) is 0. The Hall–Kier alpha value is -0.380. The Morgan fingerprint density at radius 1 is 1.39 bits per heavy atom. The first kappa shape index (κ1) is 12.6. The molecule has 3 rings (SSSR count). The zero-order valence-corrected chi connectivity index (χ0v) is 12.3. The fourth-order valence-corrected chi connectivity index (χ4v) is 4.20. The van der Waals surface area contributed by atoms with Gasteiger partial charge in [0.05, 0.1) is 0 Å². The molecule has 1 aromatic rings. The SMILES string of the molecule is CC(C)C1CN2CCCC2CN1Cc1ccsc1. The van der Waals surface area contributed by atoms with E-state index in [1.807, 2.05) is 11.3 Å². The third-order valence-corrected chi connectivity index (χ3v) is 5.30. The van der Waals surface area contributed by atoms with Crippen molar-refractivity contribution in [3.8, 4) is 0 Å². The van der Waals surface area contributed by atoms with Gasteiger partial charge in [-0.05, 0) is 47.7 Å². The zero-order chi connectivity index (χ0) is 12.5. The summed E-state index contributed by atoms with van der Waals surface area (Å²) in [7, 11) is 0. The molecule has 2 aliphatic rings. The smallest absolute Gasteiger partial charge is 0.0250 e. The molecule has 0 N–H and O–H groups in total. The van der Waals surface area contributed by atoms with Crippen LogP contribution < -0.4 is 0 Å². The Kier molecular flexibility index (Phi) is 3.73. The molecule has 0 bridgehead atoms. The molecular weight excluding hydrogens is 240 g/mol. The van der Waals surface area contributed by atoms with E-state index < -0.39 is 0 Å². The van der Waals surface area contributed by atoms with Crippen LogP contribution in [0.25, 0.3) is 0 Å². The quantitative estimate of drug-likeness (QED) is 0.828. The van der Waals surface area contributed by atoms with Crippen molar-refractivity contribution in [2.45, 2.75) is 45.3 Å². The van der Waals surface area contributed by atoms with Crippen LogP contribution in [-0.2, 0) is 6.54 Å². The Morgan fingerprint density at radius 3 is 3.00 bits per heavy atom. The van der Waals surface area contributed by atoms with E-state index in [0.717, 1.165) is 24.5 Å². The highest BCUT2D eigenvalue weighted by Gasteiger charge is 2.37. The minimum Gasteiger partial charge on any atom is -0.298 e. The van der Waals surface area contributed by atoms with E-state index in [1.54, 1.807) is 0 Å². The highest BCUT2D eigenvalue weighted by Crippen LogP contribution is 2.28. The Labute approximate surface area is 115 Å². The van der Waals surface area contributed by atoms with Crippen LogP contribution in [0.2, 0.25) is 0 Å². The minimum absolute atomic E-state index is 0.735. The molecule has 3 heteroatoms. The van der Waals surface area contributed by atoms with Gasteiger partial charge in [0, 0.05) is 31.7 Å². The van der Waals surface area contributed by atoms with Crippen molar-refractivity contribution in [1.29, 1.82) is 0 Å². The molecule has 0 radical (unpaired) electrons. The van der Waals surface area contributed by atoms with Gasteiger partial charge in [-0.25, -0.2) is 0 Å². The van der Waals surface area contributed by atoms with Gasteiger partial charge in [-0.15, -0.1) is 0 Å². The zero-order valence-electron chi connectivity index (χ0n) is 11.5. The maximum atomic E-state index is 2.74. The topological polar surface area (TPSA) is 6.48 Å². The van der Waals surface area contributed by atoms with Crippen molar-refractivity contribution in [2.24, 2.45) is 5.92 Å². The molecule has 2 aliphatic heterocycles. The number of thiophene rings is 1. The van der Waals surface area contributed by atoms with Crippen molar-refractivity contribution in [1.82, 2.24) is 9.80 Å². The maximum Gasteiger partial charge on any atom is 0.0250 e. The first-order chi connectivity index (χ1) is 8.74. The molecule has 0 aliphatic carbocycles. The van der Waals surface area contributed by atoms with E-state index in [4.69, 9.17) is 0 Å². The molecule has 2 atom stereocenters. The van der Waals surface area contributed by atoms with Gasteiger partial charge in [-0.1, -0.05) is 13.8 Å². The van der Waals surface area contributed by atoms with Crippen molar-refractivity contribution < 1.29 is 0 Å². The summed E-state index contributed by atoms with van der Waals surface area (Å²) >= 11 is 1.82. The van der Waals surface area contributed by atoms with Crippen molar-refractivity contribution in [3.05, 3.63) is 22.4 Å². The van der Waals surface area contributed by atoms with Crippen molar-refractivity contribution in [2.75, 3.05) is 19.6 Å². The second-order valence-electron chi connectivity index (χ2n) is 6.16. The molecule has 2 unspecified atom stereocenters. The van der Waals surface area contributed by atoms with E-state index in [0.29, 0.717) is 0 Å². The van der Waals surface area contributed by atoms with Crippen LogP contribution in [0.5, 0.6) is 0 Å². The number of fused-ring (bicyclic) bond motifs is 1. The molecule has 3 heterocycles. The van der Waals surface area contributed by atoms with Crippen LogP contribution in [0.15, 0.2) is 16.8 Å². The lowest BCUT2D eigenvalue weighted by atomic mass is 9.97. The van der Waals surface area contributed by atoms with E-state index in [2.05, 4.69) is 40.5 Å². The molecule has 0 aromatic carbocycles. The van der Waals surface area contributed by atoms with Crippen LogP contribution in [0.1, 0.15) is 32.3 Å². The Bertz CT molecular complexity index is 374. The third kappa shape index (κ3) is 2.49. The highest BCUT2D eigenvalue weighted by molar-refractivity contribution is 7.07. The summed E-state index contributed by atoms with van der Waals surface area (Å²) in [6.07, 6.45) is 2.81. The summed E-state index contributed by atoms with van der Waals surface area (Å²) in [6, 6.07) is 3.85. The van der Waals surface area contributed by atoms with Crippen molar-refractivity contribution in [3.63, 3.8) is 0 Å². The lowest BCUT2D eigenvalue weighted by molar-refractivity contribution is 0.0240. The van der Waals surface area contributed by atoms with Crippen LogP contribution in [0, 0.1) is 5.92 Å². The minimum atomic E-state index is 0.735. The number of nitrogens with zero attached hydrogens (tertiary/aromatic N) is 2. The first-order valence-electron chi connectivity index (χ1n) is 7.23. The molecule has 1 aromatic heterocycles. The molecule has 100 valence electrons. The second-order valence-corrected chi connectivity index (χ2v) is 6.94. The fraction of sp³-hybridized carbons (Fsp3) is 0.733. The van der Waals surface area contributed by atoms with Gasteiger partial charge in [0.15, 0.2) is 0 Å². The average molecular weight is 264 g/mol. The number of rotatable bonds is 3. The molecular formula is C15H24N2S. The average Bonchev–Trinajstić information content (AvgIpc) is 2.97. The fourth-order valence-electron chi connectivity index (χ4n) is 3.54. The molecule has 2 saturated heterocycles. The predicted octanol–water partition coefficient (Wildman–Crippen LogP) is 3.05. The monoisotopic (exact) mass is 264 g/mol. The molecule has 2 fully saturated rings. The molecule has 18 heavy (non-hydrogen) atoms. The lowest BCUT2D eigenvalue weighted by Gasteiger charge is -2.45. The summed E-state index contributed by atoms with van der Waals surface area (Å²) in [4.78, 5) is 5.47. The summed E-state index contributed by atoms with van der Waals surface area (Å²) in [5.41, 5.74) is 1.50. The Balaban J connectivity index is 1.72. The van der Waals surface area contributed by atoms with Gasteiger partial charge in [0.25, 0.3) is 0 Å². The van der Waals surface area contributed by atoms with Gasteiger partial charge in [0.2, 0.25) is 0 Å². The lowest BCUT2D eigenvalue weighted by Crippen LogP contribution is -2.57. The standard InChI is InChI=1S/C15H24N2S/c1-12(2)15-10-16-6-3-4-14(16)9-17(15)8-13-5-7-18-11-13/h5,7,11-12,14-15H,3-4,6,8-10H2,1-2H3. The van der Waals surface area contributed by atoms with Gasteiger partial charge in [0.1, 0.15) is 0 Å². The van der Waals surface area contributed by atoms with E-state index in [9.17, 15) is 0 Å². The summed E-state index contributed by atoms with van der Waals surface area (Å²) in [5.74, 6) is 0.755. The van der Waals surface area contributed by atoms with Gasteiger partial charge in [-0.2, -0.15) is 11.3 Å². The van der Waals surface area contributed by atoms with Crippen LogP contribution >= 0.6 is 11.3 Å². The summed E-state index contributed by atoms with van der Waals surface area (Å²) in [6.45, 7) is 9.80. The largest absolute Gasteiger partial charge is 0.298 e. The third-order valence-electron chi connectivity index (χ3n) is 4.57. The van der Waals surface area contributed by atoms with Gasteiger partial charge in [-0.3, -0.25) is 9.80 Å². The van der Waals surface area contributed by atoms with E-state index >= 15 is 0 Å². The van der Waals surface area contributed by atoms with Crippen molar-refractivity contribution >= 4 is 11.3 Å². The number of hydrogen-bond acceptors (Lipinski definition) is 3. The second kappa shape index (κ2) is 5.32. The van der Waals surface area contributed by atoms with E-state index in [-0.39, 0.29) is 0 Å². The molecule has 0 amide bonds. The summed E-state index contributed by atoms with van der Waals surface area (Å²) < 4.78 is 0. The number of piperazine rings is 1. The van der Waals surface area contributed by atoms with Gasteiger partial charge >= 0.3 is 0 Å². The molecule has 0 spiro atoms.